The number of nitrogens with zero attached hydrogens (tertiary/aromatic N) is 1. The molecule has 0 aromatic heterocycles. The standard InChI is InChI=1S/C15H24N2O/c1-3-15(16)12-4-6-13(7-5-12)18-14-8-10-17(2)11-9-14/h4-7,14-15H,3,8-11,16H2,1-2H3/t15-/m0/s1. The predicted molar refractivity (Wildman–Crippen MR) is 74.8 cm³/mol. The number of hydrogen-bond donors (Lipinski definition) is 1. The Labute approximate surface area is 110 Å². The van der Waals surface area contributed by atoms with E-state index in [9.17, 15) is 0 Å². The summed E-state index contributed by atoms with van der Waals surface area (Å²) in [6.07, 6.45) is 3.57. The molecule has 1 heterocycles. The van der Waals surface area contributed by atoms with Crippen molar-refractivity contribution in [3.63, 3.8) is 0 Å². The van der Waals surface area contributed by atoms with Crippen LogP contribution in [0.3, 0.4) is 0 Å². The van der Waals surface area contributed by atoms with Crippen LogP contribution in [0.4, 0.5) is 0 Å². The molecule has 2 N–H and O–H groups in total. The Balaban J connectivity index is 1.90. The second-order valence-electron chi connectivity index (χ2n) is 5.20. The zero-order valence-corrected chi connectivity index (χ0v) is 11.4. The lowest BCUT2D eigenvalue weighted by Crippen LogP contribution is -2.35. The van der Waals surface area contributed by atoms with Crippen LogP contribution in [0.5, 0.6) is 5.75 Å². The Bertz CT molecular complexity index is 355. The first-order chi connectivity index (χ1) is 8.69. The number of rotatable bonds is 4. The molecule has 0 saturated carbocycles. The summed E-state index contributed by atoms with van der Waals surface area (Å²) >= 11 is 0. The molecule has 0 unspecified atom stereocenters. The summed E-state index contributed by atoms with van der Waals surface area (Å²) in [6, 6.07) is 8.39. The minimum absolute atomic E-state index is 0.141. The summed E-state index contributed by atoms with van der Waals surface area (Å²) in [5.74, 6) is 0.969. The normalized spacial score (nSPS) is 19.7. The summed E-state index contributed by atoms with van der Waals surface area (Å²) < 4.78 is 6.00. The van der Waals surface area contributed by atoms with Crippen LogP contribution < -0.4 is 10.5 Å². The zero-order chi connectivity index (χ0) is 13.0. The van der Waals surface area contributed by atoms with Crippen molar-refractivity contribution in [1.29, 1.82) is 0 Å². The van der Waals surface area contributed by atoms with Gasteiger partial charge < -0.3 is 15.4 Å². The molecule has 1 atom stereocenters. The summed E-state index contributed by atoms with van der Waals surface area (Å²) in [7, 11) is 2.16. The fourth-order valence-corrected chi connectivity index (χ4v) is 2.32. The van der Waals surface area contributed by atoms with E-state index in [4.69, 9.17) is 10.5 Å². The van der Waals surface area contributed by atoms with E-state index < -0.39 is 0 Å². The molecule has 2 rings (SSSR count). The van der Waals surface area contributed by atoms with Crippen molar-refractivity contribution in [2.75, 3.05) is 20.1 Å². The Hall–Kier alpha value is -1.06. The first kappa shape index (κ1) is 13.4. The van der Waals surface area contributed by atoms with E-state index in [1.54, 1.807) is 0 Å². The monoisotopic (exact) mass is 248 g/mol. The van der Waals surface area contributed by atoms with Crippen LogP contribution in [0.1, 0.15) is 37.8 Å². The number of benzene rings is 1. The van der Waals surface area contributed by atoms with Crippen molar-refractivity contribution in [2.24, 2.45) is 5.73 Å². The minimum atomic E-state index is 0.141. The molecule has 1 aliphatic heterocycles. The van der Waals surface area contributed by atoms with Crippen LogP contribution in [-0.4, -0.2) is 31.1 Å². The molecule has 1 aromatic carbocycles. The molecule has 1 fully saturated rings. The topological polar surface area (TPSA) is 38.5 Å². The zero-order valence-electron chi connectivity index (χ0n) is 11.4. The quantitative estimate of drug-likeness (QED) is 0.890. The van der Waals surface area contributed by atoms with Crippen molar-refractivity contribution in [2.45, 2.75) is 38.3 Å². The third-order valence-corrected chi connectivity index (χ3v) is 3.72. The molecule has 3 heteroatoms. The Morgan fingerprint density at radius 2 is 1.89 bits per heavy atom. The summed E-state index contributed by atoms with van der Waals surface area (Å²) in [4.78, 5) is 2.35. The van der Waals surface area contributed by atoms with E-state index in [0.29, 0.717) is 6.10 Å². The second-order valence-corrected chi connectivity index (χ2v) is 5.20. The molecule has 100 valence electrons. The van der Waals surface area contributed by atoms with Crippen molar-refractivity contribution >= 4 is 0 Å². The molecule has 3 nitrogen and oxygen atoms in total. The van der Waals surface area contributed by atoms with E-state index in [2.05, 4.69) is 31.0 Å². The highest BCUT2D eigenvalue weighted by Gasteiger charge is 2.17. The van der Waals surface area contributed by atoms with Crippen LogP contribution in [0.25, 0.3) is 0 Å². The van der Waals surface area contributed by atoms with E-state index >= 15 is 0 Å². The molecule has 0 bridgehead atoms. The lowest BCUT2D eigenvalue weighted by Gasteiger charge is -2.29. The first-order valence-corrected chi connectivity index (χ1v) is 6.89. The minimum Gasteiger partial charge on any atom is -0.490 e. The van der Waals surface area contributed by atoms with E-state index in [0.717, 1.165) is 38.1 Å². The number of likely N-dealkylation sites (tertiary alicyclic amines) is 1. The highest BCUT2D eigenvalue weighted by molar-refractivity contribution is 5.29. The van der Waals surface area contributed by atoms with Crippen molar-refractivity contribution in [3.8, 4) is 5.75 Å². The summed E-state index contributed by atoms with van der Waals surface area (Å²) in [6.45, 7) is 4.36. The van der Waals surface area contributed by atoms with Crippen LogP contribution >= 0.6 is 0 Å². The lowest BCUT2D eigenvalue weighted by molar-refractivity contribution is 0.114. The number of hydrogen-bond acceptors (Lipinski definition) is 3. The Kier molecular flexibility index (Phi) is 4.61. The number of piperidine rings is 1. The van der Waals surface area contributed by atoms with Crippen LogP contribution in [0.2, 0.25) is 0 Å². The molecule has 0 radical (unpaired) electrons. The fraction of sp³-hybridized carbons (Fsp3) is 0.600. The molecule has 0 spiro atoms. The Morgan fingerprint density at radius 3 is 2.44 bits per heavy atom. The predicted octanol–water partition coefficient (Wildman–Crippen LogP) is 2.57. The van der Waals surface area contributed by atoms with E-state index in [1.165, 1.54) is 5.56 Å². The second kappa shape index (κ2) is 6.21. The maximum atomic E-state index is 6.00. The van der Waals surface area contributed by atoms with Gasteiger partial charge in [-0.2, -0.15) is 0 Å². The van der Waals surface area contributed by atoms with Gasteiger partial charge in [-0.3, -0.25) is 0 Å². The van der Waals surface area contributed by atoms with Crippen molar-refractivity contribution < 1.29 is 4.74 Å². The van der Waals surface area contributed by atoms with Gasteiger partial charge in [-0.25, -0.2) is 0 Å². The maximum absolute atomic E-state index is 6.00. The highest BCUT2D eigenvalue weighted by Crippen LogP contribution is 2.21. The van der Waals surface area contributed by atoms with Gasteiger partial charge in [0, 0.05) is 19.1 Å². The van der Waals surface area contributed by atoms with Gasteiger partial charge in [-0.05, 0) is 44.0 Å². The molecular formula is C15H24N2O. The number of nitrogens with two attached hydrogens (primary N) is 1. The third-order valence-electron chi connectivity index (χ3n) is 3.72. The summed E-state index contributed by atoms with van der Waals surface area (Å²) in [5.41, 5.74) is 7.19. The van der Waals surface area contributed by atoms with Crippen molar-refractivity contribution in [1.82, 2.24) is 4.90 Å². The molecule has 18 heavy (non-hydrogen) atoms. The van der Waals surface area contributed by atoms with E-state index in [-0.39, 0.29) is 6.04 Å². The van der Waals surface area contributed by atoms with Crippen LogP contribution in [0.15, 0.2) is 24.3 Å². The van der Waals surface area contributed by atoms with Crippen LogP contribution in [0, 0.1) is 0 Å². The largest absolute Gasteiger partial charge is 0.490 e. The average molecular weight is 248 g/mol. The molecule has 1 aromatic rings. The highest BCUT2D eigenvalue weighted by atomic mass is 16.5. The summed E-state index contributed by atoms with van der Waals surface area (Å²) in [5, 5.41) is 0. The SMILES string of the molecule is CC[C@H](N)c1ccc(OC2CCN(C)CC2)cc1. The molecule has 1 saturated heterocycles. The maximum Gasteiger partial charge on any atom is 0.119 e. The van der Waals surface area contributed by atoms with Crippen molar-refractivity contribution in [3.05, 3.63) is 29.8 Å². The van der Waals surface area contributed by atoms with Gasteiger partial charge in [-0.1, -0.05) is 19.1 Å². The lowest BCUT2D eigenvalue weighted by atomic mass is 10.1. The molecule has 0 aliphatic carbocycles. The van der Waals surface area contributed by atoms with Gasteiger partial charge in [-0.15, -0.1) is 0 Å². The smallest absolute Gasteiger partial charge is 0.119 e. The van der Waals surface area contributed by atoms with Gasteiger partial charge in [0.2, 0.25) is 0 Å². The average Bonchev–Trinajstić information content (AvgIpc) is 2.41. The molecular weight excluding hydrogens is 224 g/mol. The number of ether oxygens (including phenoxy) is 1. The van der Waals surface area contributed by atoms with Gasteiger partial charge in [0.25, 0.3) is 0 Å². The molecule has 1 aliphatic rings. The van der Waals surface area contributed by atoms with Gasteiger partial charge in [0.15, 0.2) is 0 Å². The van der Waals surface area contributed by atoms with Gasteiger partial charge >= 0.3 is 0 Å². The van der Waals surface area contributed by atoms with E-state index in [1.807, 2.05) is 12.1 Å². The Morgan fingerprint density at radius 1 is 1.28 bits per heavy atom. The van der Waals surface area contributed by atoms with Gasteiger partial charge in [0.1, 0.15) is 11.9 Å². The molecule has 0 amide bonds. The van der Waals surface area contributed by atoms with Gasteiger partial charge in [0.05, 0.1) is 0 Å². The fourth-order valence-electron chi connectivity index (χ4n) is 2.32. The first-order valence-electron chi connectivity index (χ1n) is 6.89. The van der Waals surface area contributed by atoms with Crippen LogP contribution in [-0.2, 0) is 0 Å². The third kappa shape index (κ3) is 3.47.